The molecule has 0 heterocycles. The fraction of sp³-hybridized carbons (Fsp3) is 0.900. The van der Waals surface area contributed by atoms with Crippen molar-refractivity contribution < 1.29 is 5.11 Å². The van der Waals surface area contributed by atoms with Gasteiger partial charge in [0.2, 0.25) is 0 Å². The van der Waals surface area contributed by atoms with Crippen LogP contribution in [0.15, 0.2) is 11.6 Å². The first-order valence-electron chi connectivity index (χ1n) is 9.33. The Morgan fingerprint density at radius 3 is 2.67 bits per heavy atom. The van der Waals surface area contributed by atoms with E-state index < -0.39 is 0 Å². The van der Waals surface area contributed by atoms with Crippen LogP contribution in [0.1, 0.15) is 72.1 Å². The highest BCUT2D eigenvalue weighted by molar-refractivity contribution is 5.25. The number of hydrogen-bond donors (Lipinski definition) is 1. The Hall–Kier alpha value is -0.300. The number of allylic oxidation sites excluding steroid dienone is 1. The molecule has 0 radical (unpaired) electrons. The molecule has 4 aliphatic rings. The lowest BCUT2D eigenvalue weighted by atomic mass is 9.47. The van der Waals surface area contributed by atoms with Gasteiger partial charge in [-0.05, 0) is 85.9 Å². The maximum Gasteiger partial charge on any atom is 0.0577 e. The second-order valence-corrected chi connectivity index (χ2v) is 9.18. The third kappa shape index (κ3) is 1.85. The number of aliphatic hydroxyl groups excluding tert-OH is 1. The van der Waals surface area contributed by atoms with Crippen molar-refractivity contribution in [2.24, 2.45) is 34.5 Å². The van der Waals surface area contributed by atoms with Crippen LogP contribution in [0.5, 0.6) is 0 Å². The van der Waals surface area contributed by atoms with Gasteiger partial charge >= 0.3 is 0 Å². The Balaban J connectivity index is 1.68. The van der Waals surface area contributed by atoms with Gasteiger partial charge < -0.3 is 5.11 Å². The summed E-state index contributed by atoms with van der Waals surface area (Å²) in [5.41, 5.74) is 2.64. The minimum atomic E-state index is -0.0683. The summed E-state index contributed by atoms with van der Waals surface area (Å²) in [7, 11) is 0. The van der Waals surface area contributed by atoms with Crippen molar-refractivity contribution in [3.8, 4) is 0 Å². The Morgan fingerprint density at radius 1 is 1.05 bits per heavy atom. The third-order valence-electron chi connectivity index (χ3n) is 8.55. The van der Waals surface area contributed by atoms with Crippen molar-refractivity contribution in [3.63, 3.8) is 0 Å². The zero-order valence-electron chi connectivity index (χ0n) is 14.1. The minimum absolute atomic E-state index is 0.0683. The van der Waals surface area contributed by atoms with E-state index >= 15 is 0 Å². The SMILES string of the molecule is C[C@@H]1CCC2C3CC=C4C[C@H](O)CC[C@@]4(C)C3CC[C@]21C. The van der Waals surface area contributed by atoms with Crippen LogP contribution in [-0.2, 0) is 0 Å². The highest BCUT2D eigenvalue weighted by atomic mass is 16.3. The lowest BCUT2D eigenvalue weighted by molar-refractivity contribution is -0.0474. The van der Waals surface area contributed by atoms with E-state index in [1.807, 2.05) is 0 Å². The quantitative estimate of drug-likeness (QED) is 0.626. The molecule has 0 aromatic heterocycles. The van der Waals surface area contributed by atoms with Crippen molar-refractivity contribution >= 4 is 0 Å². The lowest BCUT2D eigenvalue weighted by Crippen LogP contribution is -2.50. The molecule has 3 unspecified atom stereocenters. The predicted molar refractivity (Wildman–Crippen MR) is 86.9 cm³/mol. The zero-order valence-corrected chi connectivity index (χ0v) is 14.1. The van der Waals surface area contributed by atoms with E-state index in [-0.39, 0.29) is 6.10 Å². The lowest BCUT2D eigenvalue weighted by Gasteiger charge is -2.58. The van der Waals surface area contributed by atoms with Crippen LogP contribution < -0.4 is 0 Å². The molecular weight excluding hydrogens is 256 g/mol. The predicted octanol–water partition coefficient (Wildman–Crippen LogP) is 4.95. The van der Waals surface area contributed by atoms with Crippen LogP contribution in [0, 0.1) is 34.5 Å². The van der Waals surface area contributed by atoms with Crippen LogP contribution in [0.2, 0.25) is 0 Å². The van der Waals surface area contributed by atoms with Gasteiger partial charge in [-0.1, -0.05) is 32.4 Å². The van der Waals surface area contributed by atoms with Gasteiger partial charge in [-0.25, -0.2) is 0 Å². The Bertz CT molecular complexity index is 466. The molecule has 0 aromatic rings. The summed E-state index contributed by atoms with van der Waals surface area (Å²) < 4.78 is 0. The van der Waals surface area contributed by atoms with Gasteiger partial charge in [-0.3, -0.25) is 0 Å². The molecule has 118 valence electrons. The zero-order chi connectivity index (χ0) is 14.8. The molecule has 0 spiro atoms. The van der Waals surface area contributed by atoms with Crippen LogP contribution >= 0.6 is 0 Å². The fourth-order valence-corrected chi connectivity index (χ4v) is 6.90. The molecule has 0 saturated heterocycles. The van der Waals surface area contributed by atoms with Gasteiger partial charge in [0.15, 0.2) is 0 Å². The summed E-state index contributed by atoms with van der Waals surface area (Å²) in [5.74, 6) is 3.72. The van der Waals surface area contributed by atoms with E-state index in [0.29, 0.717) is 10.8 Å². The van der Waals surface area contributed by atoms with Crippen LogP contribution in [0.25, 0.3) is 0 Å². The molecule has 3 saturated carbocycles. The van der Waals surface area contributed by atoms with Gasteiger partial charge in [0.25, 0.3) is 0 Å². The summed E-state index contributed by atoms with van der Waals surface area (Å²) in [4.78, 5) is 0. The van der Waals surface area contributed by atoms with E-state index in [9.17, 15) is 5.11 Å². The minimum Gasteiger partial charge on any atom is -0.393 e. The average molecular weight is 288 g/mol. The number of aliphatic hydroxyl groups is 1. The molecule has 4 rings (SSSR count). The smallest absolute Gasteiger partial charge is 0.0577 e. The molecule has 4 aliphatic carbocycles. The molecule has 1 nitrogen and oxygen atoms in total. The first-order valence-corrected chi connectivity index (χ1v) is 9.33. The first kappa shape index (κ1) is 14.3. The molecular formula is C20H32O. The molecule has 0 bridgehead atoms. The Morgan fingerprint density at radius 2 is 1.86 bits per heavy atom. The van der Waals surface area contributed by atoms with E-state index in [2.05, 4.69) is 26.8 Å². The van der Waals surface area contributed by atoms with Crippen molar-refractivity contribution in [1.82, 2.24) is 0 Å². The van der Waals surface area contributed by atoms with Crippen molar-refractivity contribution in [1.29, 1.82) is 0 Å². The highest BCUT2D eigenvalue weighted by Gasteiger charge is 2.57. The topological polar surface area (TPSA) is 20.2 Å². The third-order valence-corrected chi connectivity index (χ3v) is 8.55. The van der Waals surface area contributed by atoms with E-state index in [1.54, 1.807) is 5.57 Å². The fourth-order valence-electron chi connectivity index (χ4n) is 6.90. The summed E-state index contributed by atoms with van der Waals surface area (Å²) >= 11 is 0. The normalized spacial score (nSPS) is 56.2. The van der Waals surface area contributed by atoms with Crippen molar-refractivity contribution in [3.05, 3.63) is 11.6 Å². The molecule has 21 heavy (non-hydrogen) atoms. The van der Waals surface area contributed by atoms with E-state index in [1.165, 1.54) is 38.5 Å². The number of rotatable bonds is 0. The summed E-state index contributed by atoms with van der Waals surface area (Å²) in [6.45, 7) is 7.63. The van der Waals surface area contributed by atoms with Gasteiger partial charge in [0.1, 0.15) is 0 Å². The molecule has 0 amide bonds. The first-order chi connectivity index (χ1) is 9.95. The number of hydrogen-bond acceptors (Lipinski definition) is 1. The second-order valence-electron chi connectivity index (χ2n) is 9.18. The standard InChI is InChI=1S/C20H32O/c1-13-4-7-17-16-6-5-14-12-15(21)8-10-20(14,3)18(16)9-11-19(13,17)2/h5,13,15-18,21H,4,6-12H2,1-3H3/t13-,15-,16?,17?,18?,19+,20-/m1/s1. The molecule has 1 heteroatoms. The molecule has 1 N–H and O–H groups in total. The van der Waals surface area contributed by atoms with E-state index in [0.717, 1.165) is 36.5 Å². The van der Waals surface area contributed by atoms with E-state index in [4.69, 9.17) is 0 Å². The second kappa shape index (κ2) is 4.60. The van der Waals surface area contributed by atoms with Gasteiger partial charge in [-0.2, -0.15) is 0 Å². The van der Waals surface area contributed by atoms with Crippen molar-refractivity contribution in [2.45, 2.75) is 78.2 Å². The summed E-state index contributed by atoms with van der Waals surface area (Å²) in [6.07, 6.45) is 12.8. The summed E-state index contributed by atoms with van der Waals surface area (Å²) in [5, 5.41) is 10.0. The number of fused-ring (bicyclic) bond motifs is 5. The Kier molecular flexibility index (Phi) is 3.13. The molecule has 0 aliphatic heterocycles. The van der Waals surface area contributed by atoms with Crippen LogP contribution in [0.4, 0.5) is 0 Å². The van der Waals surface area contributed by atoms with Crippen LogP contribution in [-0.4, -0.2) is 11.2 Å². The molecule has 7 atom stereocenters. The highest BCUT2D eigenvalue weighted by Crippen LogP contribution is 2.66. The van der Waals surface area contributed by atoms with Gasteiger partial charge in [-0.15, -0.1) is 0 Å². The molecule has 0 aromatic carbocycles. The maximum atomic E-state index is 10.0. The van der Waals surface area contributed by atoms with Crippen molar-refractivity contribution in [2.75, 3.05) is 0 Å². The van der Waals surface area contributed by atoms with Gasteiger partial charge in [0, 0.05) is 0 Å². The average Bonchev–Trinajstić information content (AvgIpc) is 2.76. The van der Waals surface area contributed by atoms with Crippen LogP contribution in [0.3, 0.4) is 0 Å². The monoisotopic (exact) mass is 288 g/mol. The molecule has 3 fully saturated rings. The Labute approximate surface area is 130 Å². The largest absolute Gasteiger partial charge is 0.393 e. The maximum absolute atomic E-state index is 10.0. The van der Waals surface area contributed by atoms with Gasteiger partial charge in [0.05, 0.1) is 6.10 Å². The summed E-state index contributed by atoms with van der Waals surface area (Å²) in [6, 6.07) is 0.